The summed E-state index contributed by atoms with van der Waals surface area (Å²) in [5.74, 6) is 0.00343. The lowest BCUT2D eigenvalue weighted by molar-refractivity contribution is 0.0966. The topological polar surface area (TPSA) is 29.1 Å². The molecule has 14 heavy (non-hydrogen) atoms. The molecule has 0 spiro atoms. The Morgan fingerprint density at radius 1 is 1.36 bits per heavy atom. The van der Waals surface area contributed by atoms with Crippen molar-refractivity contribution < 1.29 is 4.79 Å². The van der Waals surface area contributed by atoms with E-state index in [0.29, 0.717) is 0 Å². The molecule has 1 amide bonds. The van der Waals surface area contributed by atoms with Crippen LogP contribution < -0.4 is 5.32 Å². The quantitative estimate of drug-likeness (QED) is 0.761. The number of hydrogen-bond donors (Lipinski definition) is 1. The van der Waals surface area contributed by atoms with E-state index >= 15 is 0 Å². The third-order valence-electron chi connectivity index (χ3n) is 2.28. The Kier molecular flexibility index (Phi) is 2.25. The second-order valence-electron chi connectivity index (χ2n) is 3.13. The molecular formula is C11H11NOS. The fourth-order valence-corrected chi connectivity index (χ4v) is 2.66. The molecule has 1 N–H and O–H groups in total. The fourth-order valence-electron chi connectivity index (χ4n) is 1.50. The van der Waals surface area contributed by atoms with Crippen molar-refractivity contribution in [1.29, 1.82) is 0 Å². The second kappa shape index (κ2) is 3.42. The first-order chi connectivity index (χ1) is 6.74. The summed E-state index contributed by atoms with van der Waals surface area (Å²) in [7, 11) is 1.66. The predicted molar refractivity (Wildman–Crippen MR) is 60.0 cm³/mol. The number of nitrogens with one attached hydrogen (secondary N) is 1. The first kappa shape index (κ1) is 9.21. The van der Waals surface area contributed by atoms with Crippen molar-refractivity contribution >= 4 is 27.3 Å². The van der Waals surface area contributed by atoms with E-state index in [0.717, 1.165) is 10.4 Å². The largest absolute Gasteiger partial charge is 0.354 e. The van der Waals surface area contributed by atoms with Crippen LogP contribution in [0.4, 0.5) is 0 Å². The third kappa shape index (κ3) is 1.30. The molecule has 2 aromatic rings. The summed E-state index contributed by atoms with van der Waals surface area (Å²) in [5.41, 5.74) is 1.07. The van der Waals surface area contributed by atoms with Crippen LogP contribution in [-0.2, 0) is 0 Å². The van der Waals surface area contributed by atoms with Gasteiger partial charge in [-0.25, -0.2) is 0 Å². The summed E-state index contributed by atoms with van der Waals surface area (Å²) >= 11 is 1.54. The molecular weight excluding hydrogens is 194 g/mol. The second-order valence-corrected chi connectivity index (χ2v) is 4.18. The Morgan fingerprint density at radius 3 is 2.71 bits per heavy atom. The number of hydrogen-bond acceptors (Lipinski definition) is 2. The Bertz CT molecular complexity index is 487. The number of thiophene rings is 1. The molecule has 1 aromatic heterocycles. The van der Waals surface area contributed by atoms with Crippen molar-refractivity contribution in [1.82, 2.24) is 5.32 Å². The SMILES string of the molecule is CNC(=O)c1sc2ccccc2c1C. The Morgan fingerprint density at radius 2 is 2.07 bits per heavy atom. The normalized spacial score (nSPS) is 10.4. The van der Waals surface area contributed by atoms with Gasteiger partial charge in [0.2, 0.25) is 0 Å². The van der Waals surface area contributed by atoms with Gasteiger partial charge < -0.3 is 5.32 Å². The molecule has 72 valence electrons. The summed E-state index contributed by atoms with van der Waals surface area (Å²) in [5, 5.41) is 3.83. The van der Waals surface area contributed by atoms with Gasteiger partial charge in [-0.15, -0.1) is 11.3 Å². The summed E-state index contributed by atoms with van der Waals surface area (Å²) in [6.45, 7) is 1.99. The third-order valence-corrected chi connectivity index (χ3v) is 3.55. The van der Waals surface area contributed by atoms with Crippen LogP contribution in [0.2, 0.25) is 0 Å². The van der Waals surface area contributed by atoms with Crippen molar-refractivity contribution in [2.45, 2.75) is 6.92 Å². The Labute approximate surface area is 86.6 Å². The van der Waals surface area contributed by atoms with Gasteiger partial charge in [-0.1, -0.05) is 18.2 Å². The van der Waals surface area contributed by atoms with E-state index in [9.17, 15) is 4.79 Å². The average Bonchev–Trinajstić information content (AvgIpc) is 2.56. The van der Waals surface area contributed by atoms with Gasteiger partial charge in [0, 0.05) is 11.7 Å². The highest BCUT2D eigenvalue weighted by atomic mass is 32.1. The van der Waals surface area contributed by atoms with E-state index in [1.54, 1.807) is 18.4 Å². The highest BCUT2D eigenvalue weighted by molar-refractivity contribution is 7.21. The van der Waals surface area contributed by atoms with Crippen LogP contribution in [0.15, 0.2) is 24.3 Å². The number of aryl methyl sites for hydroxylation is 1. The summed E-state index contributed by atoms with van der Waals surface area (Å²) in [6.07, 6.45) is 0. The highest BCUT2D eigenvalue weighted by Gasteiger charge is 2.12. The van der Waals surface area contributed by atoms with Gasteiger partial charge in [0.1, 0.15) is 0 Å². The predicted octanol–water partition coefficient (Wildman–Crippen LogP) is 2.57. The van der Waals surface area contributed by atoms with E-state index in [-0.39, 0.29) is 5.91 Å². The summed E-state index contributed by atoms with van der Waals surface area (Å²) in [6, 6.07) is 8.08. The number of benzene rings is 1. The lowest BCUT2D eigenvalue weighted by Gasteiger charge is -1.95. The van der Waals surface area contributed by atoms with Gasteiger partial charge in [-0.2, -0.15) is 0 Å². The molecule has 1 aromatic carbocycles. The minimum atomic E-state index is 0.00343. The van der Waals surface area contributed by atoms with Crippen LogP contribution >= 0.6 is 11.3 Å². The molecule has 0 atom stereocenters. The van der Waals surface area contributed by atoms with Crippen LogP contribution in [0, 0.1) is 6.92 Å². The van der Waals surface area contributed by atoms with E-state index < -0.39 is 0 Å². The van der Waals surface area contributed by atoms with Crippen LogP contribution in [0.3, 0.4) is 0 Å². The number of rotatable bonds is 1. The monoisotopic (exact) mass is 205 g/mol. The van der Waals surface area contributed by atoms with Crippen molar-refractivity contribution in [2.24, 2.45) is 0 Å². The standard InChI is InChI=1S/C11H11NOS/c1-7-8-5-3-4-6-9(8)14-10(7)11(13)12-2/h3-6H,1-2H3,(H,12,13). The van der Waals surface area contributed by atoms with Gasteiger partial charge in [0.05, 0.1) is 4.88 Å². The summed E-state index contributed by atoms with van der Waals surface area (Å²) in [4.78, 5) is 12.3. The minimum absolute atomic E-state index is 0.00343. The number of fused-ring (bicyclic) bond motifs is 1. The van der Waals surface area contributed by atoms with Crippen LogP contribution in [0.5, 0.6) is 0 Å². The Hall–Kier alpha value is -1.35. The first-order valence-corrected chi connectivity index (χ1v) is 5.26. The molecule has 2 nitrogen and oxygen atoms in total. The van der Waals surface area contributed by atoms with Crippen LogP contribution in [0.1, 0.15) is 15.2 Å². The maximum Gasteiger partial charge on any atom is 0.261 e. The van der Waals surface area contributed by atoms with Crippen molar-refractivity contribution in [2.75, 3.05) is 7.05 Å². The highest BCUT2D eigenvalue weighted by Crippen LogP contribution is 2.30. The van der Waals surface area contributed by atoms with Crippen LogP contribution in [0.25, 0.3) is 10.1 Å². The number of carbonyl (C=O) groups is 1. The molecule has 0 radical (unpaired) electrons. The lowest BCUT2D eigenvalue weighted by Crippen LogP contribution is -2.17. The maximum absolute atomic E-state index is 11.5. The molecule has 2 rings (SSSR count). The van der Waals surface area contributed by atoms with Crippen molar-refractivity contribution in [3.8, 4) is 0 Å². The van der Waals surface area contributed by atoms with Gasteiger partial charge in [0.25, 0.3) is 5.91 Å². The summed E-state index contributed by atoms with van der Waals surface area (Å²) < 4.78 is 1.17. The number of carbonyl (C=O) groups excluding carboxylic acids is 1. The maximum atomic E-state index is 11.5. The molecule has 0 aliphatic heterocycles. The molecule has 0 unspecified atom stereocenters. The lowest BCUT2D eigenvalue weighted by atomic mass is 10.1. The first-order valence-electron chi connectivity index (χ1n) is 4.44. The molecule has 0 aliphatic carbocycles. The fraction of sp³-hybridized carbons (Fsp3) is 0.182. The van der Waals surface area contributed by atoms with Crippen molar-refractivity contribution in [3.05, 3.63) is 34.7 Å². The van der Waals surface area contributed by atoms with E-state index in [1.165, 1.54) is 10.1 Å². The van der Waals surface area contributed by atoms with E-state index in [2.05, 4.69) is 5.32 Å². The van der Waals surface area contributed by atoms with Crippen LogP contribution in [-0.4, -0.2) is 13.0 Å². The molecule has 0 saturated heterocycles. The Balaban J connectivity index is 2.68. The molecule has 0 fully saturated rings. The van der Waals surface area contributed by atoms with E-state index in [1.807, 2.05) is 31.2 Å². The average molecular weight is 205 g/mol. The molecule has 1 heterocycles. The zero-order chi connectivity index (χ0) is 10.1. The van der Waals surface area contributed by atoms with Crippen molar-refractivity contribution in [3.63, 3.8) is 0 Å². The van der Waals surface area contributed by atoms with E-state index in [4.69, 9.17) is 0 Å². The molecule has 0 bridgehead atoms. The zero-order valence-electron chi connectivity index (χ0n) is 8.13. The molecule has 3 heteroatoms. The van der Waals surface area contributed by atoms with Gasteiger partial charge in [0.15, 0.2) is 0 Å². The number of amides is 1. The zero-order valence-corrected chi connectivity index (χ0v) is 8.94. The van der Waals surface area contributed by atoms with Gasteiger partial charge >= 0.3 is 0 Å². The molecule has 0 aliphatic rings. The van der Waals surface area contributed by atoms with Gasteiger partial charge in [-0.3, -0.25) is 4.79 Å². The smallest absolute Gasteiger partial charge is 0.261 e. The van der Waals surface area contributed by atoms with Gasteiger partial charge in [-0.05, 0) is 23.9 Å². The molecule has 0 saturated carbocycles. The minimum Gasteiger partial charge on any atom is -0.354 e.